The number of benzene rings is 1. The fraction of sp³-hybridized carbons (Fsp3) is 0.400. The van der Waals surface area contributed by atoms with Crippen LogP contribution in [0.4, 0.5) is 0 Å². The highest BCUT2D eigenvalue weighted by Gasteiger charge is 2.21. The minimum absolute atomic E-state index is 0.113. The van der Waals surface area contributed by atoms with Gasteiger partial charge in [0.15, 0.2) is 0 Å². The first-order chi connectivity index (χ1) is 10.7. The van der Waals surface area contributed by atoms with Crippen LogP contribution >= 0.6 is 23.2 Å². The zero-order chi connectivity index (χ0) is 17.6. The standard InChI is InChI=1S/C15H18Cl2N2O4/c1-8(2)5-12(15(22)23)19-13(20)7-18-14(21)9-3-4-10(16)11(17)6-9/h3-4,6,8,12H,5,7H2,1-2H3,(H,18,21)(H,19,20)(H,22,23)/t12-/m0/s1. The average molecular weight is 361 g/mol. The van der Waals surface area contributed by atoms with E-state index in [1.807, 2.05) is 13.8 Å². The number of carboxylic acids is 1. The third-order valence-corrected chi connectivity index (χ3v) is 3.67. The van der Waals surface area contributed by atoms with Crippen molar-refractivity contribution in [3.63, 3.8) is 0 Å². The minimum atomic E-state index is -1.11. The van der Waals surface area contributed by atoms with Crippen LogP contribution in [0, 0.1) is 5.92 Å². The first-order valence-corrected chi connectivity index (χ1v) is 7.71. The number of halogens is 2. The first kappa shape index (κ1) is 19.3. The molecule has 0 saturated carbocycles. The normalized spacial score (nSPS) is 11.9. The van der Waals surface area contributed by atoms with Gasteiger partial charge in [-0.15, -0.1) is 0 Å². The summed E-state index contributed by atoms with van der Waals surface area (Å²) < 4.78 is 0. The number of carbonyl (C=O) groups excluding carboxylic acids is 2. The quantitative estimate of drug-likeness (QED) is 0.695. The topological polar surface area (TPSA) is 95.5 Å². The van der Waals surface area contributed by atoms with Crippen molar-refractivity contribution in [2.45, 2.75) is 26.3 Å². The fourth-order valence-electron chi connectivity index (χ4n) is 1.84. The van der Waals surface area contributed by atoms with Crippen LogP contribution < -0.4 is 10.6 Å². The van der Waals surface area contributed by atoms with Crippen molar-refractivity contribution in [3.05, 3.63) is 33.8 Å². The van der Waals surface area contributed by atoms with Crippen molar-refractivity contribution < 1.29 is 19.5 Å². The van der Waals surface area contributed by atoms with Crippen molar-refractivity contribution in [2.75, 3.05) is 6.54 Å². The lowest BCUT2D eigenvalue weighted by atomic mass is 10.0. The van der Waals surface area contributed by atoms with E-state index in [2.05, 4.69) is 10.6 Å². The molecule has 0 aromatic heterocycles. The molecule has 0 spiro atoms. The maximum absolute atomic E-state index is 11.9. The summed E-state index contributed by atoms with van der Waals surface area (Å²) in [6.07, 6.45) is 0.307. The Balaban J connectivity index is 2.56. The monoisotopic (exact) mass is 360 g/mol. The van der Waals surface area contributed by atoms with Gasteiger partial charge in [0.1, 0.15) is 6.04 Å². The van der Waals surface area contributed by atoms with E-state index in [1.54, 1.807) is 0 Å². The second-order valence-corrected chi connectivity index (χ2v) is 6.21. The van der Waals surface area contributed by atoms with E-state index >= 15 is 0 Å². The highest BCUT2D eigenvalue weighted by molar-refractivity contribution is 6.42. The Bertz CT molecular complexity index is 605. The van der Waals surface area contributed by atoms with E-state index in [0.29, 0.717) is 11.4 Å². The molecule has 3 N–H and O–H groups in total. The smallest absolute Gasteiger partial charge is 0.326 e. The summed E-state index contributed by atoms with van der Waals surface area (Å²) in [7, 11) is 0. The predicted molar refractivity (Wildman–Crippen MR) is 87.8 cm³/mol. The zero-order valence-electron chi connectivity index (χ0n) is 12.7. The number of carboxylic acid groups (broad SMARTS) is 1. The Labute approximate surface area is 144 Å². The molecular formula is C15H18Cl2N2O4. The molecule has 1 aromatic carbocycles. The molecule has 1 aromatic rings. The molecule has 0 aliphatic carbocycles. The Kier molecular flexibility index (Phi) is 7.32. The van der Waals surface area contributed by atoms with E-state index in [-0.39, 0.29) is 23.0 Å². The molecule has 0 heterocycles. The van der Waals surface area contributed by atoms with Crippen LogP contribution in [0.2, 0.25) is 10.0 Å². The molecule has 8 heteroatoms. The summed E-state index contributed by atoms with van der Waals surface area (Å²) >= 11 is 11.6. The van der Waals surface area contributed by atoms with Crippen LogP contribution in [0.3, 0.4) is 0 Å². The number of carbonyl (C=O) groups is 3. The Morgan fingerprint density at radius 2 is 1.83 bits per heavy atom. The number of hydrogen-bond donors (Lipinski definition) is 3. The zero-order valence-corrected chi connectivity index (χ0v) is 14.2. The molecule has 23 heavy (non-hydrogen) atoms. The van der Waals surface area contributed by atoms with Gasteiger partial charge in [-0.25, -0.2) is 4.79 Å². The van der Waals surface area contributed by atoms with E-state index in [4.69, 9.17) is 28.3 Å². The summed E-state index contributed by atoms with van der Waals surface area (Å²) in [6, 6.07) is 3.35. The maximum Gasteiger partial charge on any atom is 0.326 e. The van der Waals surface area contributed by atoms with Gasteiger partial charge < -0.3 is 15.7 Å². The van der Waals surface area contributed by atoms with Gasteiger partial charge in [0, 0.05) is 5.56 Å². The van der Waals surface area contributed by atoms with Crippen LogP contribution in [0.25, 0.3) is 0 Å². The molecule has 1 atom stereocenters. The molecular weight excluding hydrogens is 343 g/mol. The molecule has 2 amide bonds. The summed E-state index contributed by atoms with van der Waals surface area (Å²) in [5.41, 5.74) is 0.254. The van der Waals surface area contributed by atoms with Crippen LogP contribution in [0.1, 0.15) is 30.6 Å². The van der Waals surface area contributed by atoms with Crippen LogP contribution in [-0.2, 0) is 9.59 Å². The lowest BCUT2D eigenvalue weighted by Crippen LogP contribution is -2.46. The van der Waals surface area contributed by atoms with Crippen molar-refractivity contribution in [3.8, 4) is 0 Å². The van der Waals surface area contributed by atoms with Crippen molar-refractivity contribution in [1.82, 2.24) is 10.6 Å². The largest absolute Gasteiger partial charge is 0.480 e. The summed E-state index contributed by atoms with van der Waals surface area (Å²) in [4.78, 5) is 34.7. The van der Waals surface area contributed by atoms with E-state index < -0.39 is 23.8 Å². The molecule has 6 nitrogen and oxygen atoms in total. The second-order valence-electron chi connectivity index (χ2n) is 5.40. The Hall–Kier alpha value is -1.79. The van der Waals surface area contributed by atoms with Gasteiger partial charge in [0.25, 0.3) is 5.91 Å². The highest BCUT2D eigenvalue weighted by atomic mass is 35.5. The number of amides is 2. The minimum Gasteiger partial charge on any atom is -0.480 e. The van der Waals surface area contributed by atoms with Gasteiger partial charge in [-0.1, -0.05) is 37.0 Å². The maximum atomic E-state index is 11.9. The van der Waals surface area contributed by atoms with Crippen LogP contribution in [0.15, 0.2) is 18.2 Å². The molecule has 0 radical (unpaired) electrons. The predicted octanol–water partition coefficient (Wildman–Crippen LogP) is 2.34. The Morgan fingerprint density at radius 1 is 1.17 bits per heavy atom. The molecule has 0 saturated heterocycles. The third-order valence-electron chi connectivity index (χ3n) is 2.93. The van der Waals surface area contributed by atoms with Crippen LogP contribution in [-0.4, -0.2) is 35.5 Å². The SMILES string of the molecule is CC(C)C[C@H](NC(=O)CNC(=O)c1ccc(Cl)c(Cl)c1)C(=O)O. The lowest BCUT2D eigenvalue weighted by Gasteiger charge is -2.16. The average Bonchev–Trinajstić information content (AvgIpc) is 2.46. The fourth-order valence-corrected chi connectivity index (χ4v) is 2.14. The van der Waals surface area contributed by atoms with Gasteiger partial charge >= 0.3 is 5.97 Å². The number of hydrogen-bond acceptors (Lipinski definition) is 3. The summed E-state index contributed by atoms with van der Waals surface area (Å²) in [5.74, 6) is -2.08. The summed E-state index contributed by atoms with van der Waals surface area (Å²) in [6.45, 7) is 3.38. The second kappa shape index (κ2) is 8.74. The number of rotatable bonds is 7. The van der Waals surface area contributed by atoms with Gasteiger partial charge in [-0.05, 0) is 30.5 Å². The molecule has 1 rings (SSSR count). The number of aliphatic carboxylic acids is 1. The molecule has 0 aliphatic heterocycles. The Morgan fingerprint density at radius 3 is 2.35 bits per heavy atom. The van der Waals surface area contributed by atoms with Crippen molar-refractivity contribution in [1.29, 1.82) is 0 Å². The third kappa shape index (κ3) is 6.46. The summed E-state index contributed by atoms with van der Waals surface area (Å²) in [5, 5.41) is 14.4. The van der Waals surface area contributed by atoms with Crippen LogP contribution in [0.5, 0.6) is 0 Å². The molecule has 0 unspecified atom stereocenters. The highest BCUT2D eigenvalue weighted by Crippen LogP contribution is 2.22. The lowest BCUT2D eigenvalue weighted by molar-refractivity contribution is -0.142. The van der Waals surface area contributed by atoms with Gasteiger partial charge in [-0.2, -0.15) is 0 Å². The van der Waals surface area contributed by atoms with Gasteiger partial charge in [-0.3, -0.25) is 9.59 Å². The van der Waals surface area contributed by atoms with E-state index in [0.717, 1.165) is 0 Å². The van der Waals surface area contributed by atoms with Crippen molar-refractivity contribution in [2.24, 2.45) is 5.92 Å². The first-order valence-electron chi connectivity index (χ1n) is 6.96. The molecule has 126 valence electrons. The van der Waals surface area contributed by atoms with Gasteiger partial charge in [0.2, 0.25) is 5.91 Å². The molecule has 0 bridgehead atoms. The molecule has 0 fully saturated rings. The molecule has 0 aliphatic rings. The van der Waals surface area contributed by atoms with Crippen molar-refractivity contribution >= 4 is 41.0 Å². The van der Waals surface area contributed by atoms with E-state index in [9.17, 15) is 14.4 Å². The van der Waals surface area contributed by atoms with E-state index in [1.165, 1.54) is 18.2 Å². The van der Waals surface area contributed by atoms with Gasteiger partial charge in [0.05, 0.1) is 16.6 Å². The number of nitrogens with one attached hydrogen (secondary N) is 2.